The van der Waals surface area contributed by atoms with E-state index >= 15 is 0 Å². The first-order valence-corrected chi connectivity index (χ1v) is 8.63. The SMILES string of the molecule is CC(C)(C)n1nnnc1C(c1cc2ccccc2o1)N1CCOCC1. The number of tetrazole rings is 1. The summed E-state index contributed by atoms with van der Waals surface area (Å²) in [6, 6.07) is 10.0. The van der Waals surface area contributed by atoms with Crippen molar-refractivity contribution in [3.05, 3.63) is 41.9 Å². The standard InChI is InChI=1S/C18H23N5O2/c1-18(2,3)23-17(19-20-21-23)16(22-8-10-24-11-9-22)15-12-13-6-4-5-7-14(13)25-15/h4-7,12,16H,8-11H2,1-3H3. The second-order valence-electron chi connectivity index (χ2n) is 7.36. The molecule has 0 spiro atoms. The number of morpholine rings is 1. The summed E-state index contributed by atoms with van der Waals surface area (Å²) in [7, 11) is 0. The molecule has 1 aliphatic heterocycles. The van der Waals surface area contributed by atoms with Gasteiger partial charge in [0.1, 0.15) is 17.4 Å². The summed E-state index contributed by atoms with van der Waals surface area (Å²) < 4.78 is 13.6. The summed E-state index contributed by atoms with van der Waals surface area (Å²) in [5.74, 6) is 1.66. The van der Waals surface area contributed by atoms with Gasteiger partial charge in [0.25, 0.3) is 0 Å². The average molecular weight is 341 g/mol. The van der Waals surface area contributed by atoms with Gasteiger partial charge >= 0.3 is 0 Å². The van der Waals surface area contributed by atoms with E-state index in [9.17, 15) is 0 Å². The van der Waals surface area contributed by atoms with Crippen molar-refractivity contribution < 1.29 is 9.15 Å². The lowest BCUT2D eigenvalue weighted by Crippen LogP contribution is -2.41. The van der Waals surface area contributed by atoms with Crippen LogP contribution in [0.1, 0.15) is 38.4 Å². The van der Waals surface area contributed by atoms with Crippen LogP contribution >= 0.6 is 0 Å². The molecular weight excluding hydrogens is 318 g/mol. The lowest BCUT2D eigenvalue weighted by Gasteiger charge is -2.33. The Morgan fingerprint density at radius 3 is 2.60 bits per heavy atom. The first-order chi connectivity index (χ1) is 12.0. The highest BCUT2D eigenvalue weighted by Crippen LogP contribution is 2.33. The van der Waals surface area contributed by atoms with Crippen LogP contribution in [0.25, 0.3) is 11.0 Å². The van der Waals surface area contributed by atoms with Gasteiger partial charge in [-0.2, -0.15) is 0 Å². The smallest absolute Gasteiger partial charge is 0.176 e. The van der Waals surface area contributed by atoms with Crippen LogP contribution in [0.5, 0.6) is 0 Å². The third-order valence-corrected chi connectivity index (χ3v) is 4.50. The van der Waals surface area contributed by atoms with E-state index in [-0.39, 0.29) is 11.6 Å². The summed E-state index contributed by atoms with van der Waals surface area (Å²) in [5, 5.41) is 13.6. The van der Waals surface area contributed by atoms with Crippen LogP contribution in [0.3, 0.4) is 0 Å². The fourth-order valence-corrected chi connectivity index (χ4v) is 3.29. The molecule has 25 heavy (non-hydrogen) atoms. The van der Waals surface area contributed by atoms with E-state index in [1.807, 2.05) is 22.9 Å². The van der Waals surface area contributed by atoms with E-state index < -0.39 is 0 Å². The number of nitrogens with zero attached hydrogens (tertiary/aromatic N) is 5. The first kappa shape index (κ1) is 16.2. The van der Waals surface area contributed by atoms with E-state index in [1.54, 1.807) is 0 Å². The van der Waals surface area contributed by atoms with Gasteiger partial charge in [-0.25, -0.2) is 4.68 Å². The Morgan fingerprint density at radius 2 is 1.88 bits per heavy atom. The third-order valence-electron chi connectivity index (χ3n) is 4.50. The maximum Gasteiger partial charge on any atom is 0.176 e. The molecule has 3 heterocycles. The number of hydrogen-bond acceptors (Lipinski definition) is 6. The zero-order chi connectivity index (χ0) is 17.4. The molecule has 132 valence electrons. The Labute approximate surface area is 146 Å². The van der Waals surface area contributed by atoms with Crippen molar-refractivity contribution in [3.8, 4) is 0 Å². The van der Waals surface area contributed by atoms with E-state index in [4.69, 9.17) is 9.15 Å². The van der Waals surface area contributed by atoms with Crippen molar-refractivity contribution in [1.82, 2.24) is 25.1 Å². The Morgan fingerprint density at radius 1 is 1.12 bits per heavy atom. The number of para-hydroxylation sites is 1. The summed E-state index contributed by atoms with van der Waals surface area (Å²) in [6.07, 6.45) is 0. The molecule has 1 saturated heterocycles. The maximum absolute atomic E-state index is 6.18. The van der Waals surface area contributed by atoms with Gasteiger partial charge in [0.05, 0.1) is 18.8 Å². The summed E-state index contributed by atoms with van der Waals surface area (Å²) in [6.45, 7) is 9.34. The van der Waals surface area contributed by atoms with E-state index in [0.717, 1.165) is 35.6 Å². The van der Waals surface area contributed by atoms with E-state index in [1.165, 1.54) is 0 Å². The molecule has 7 nitrogen and oxygen atoms in total. The number of furan rings is 1. The molecule has 1 aromatic carbocycles. The summed E-state index contributed by atoms with van der Waals surface area (Å²) >= 11 is 0. The molecule has 2 aromatic heterocycles. The van der Waals surface area contributed by atoms with Crippen LogP contribution < -0.4 is 0 Å². The van der Waals surface area contributed by atoms with Crippen molar-refractivity contribution in [2.45, 2.75) is 32.4 Å². The Kier molecular flexibility index (Phi) is 4.05. The van der Waals surface area contributed by atoms with Crippen LogP contribution in [0, 0.1) is 0 Å². The molecule has 1 unspecified atom stereocenters. The second-order valence-corrected chi connectivity index (χ2v) is 7.36. The maximum atomic E-state index is 6.18. The van der Waals surface area contributed by atoms with Gasteiger partial charge in [-0.3, -0.25) is 4.90 Å². The van der Waals surface area contributed by atoms with Crippen LogP contribution in [0.15, 0.2) is 34.7 Å². The van der Waals surface area contributed by atoms with Gasteiger partial charge < -0.3 is 9.15 Å². The predicted molar refractivity (Wildman–Crippen MR) is 93.3 cm³/mol. The van der Waals surface area contributed by atoms with Crippen molar-refractivity contribution in [1.29, 1.82) is 0 Å². The number of fused-ring (bicyclic) bond motifs is 1. The van der Waals surface area contributed by atoms with Gasteiger partial charge in [-0.1, -0.05) is 18.2 Å². The first-order valence-electron chi connectivity index (χ1n) is 8.63. The van der Waals surface area contributed by atoms with Crippen molar-refractivity contribution >= 4 is 11.0 Å². The summed E-state index contributed by atoms with van der Waals surface area (Å²) in [4.78, 5) is 2.33. The van der Waals surface area contributed by atoms with Gasteiger partial charge in [0, 0.05) is 18.5 Å². The van der Waals surface area contributed by atoms with Gasteiger partial charge in [0.2, 0.25) is 0 Å². The lowest BCUT2D eigenvalue weighted by molar-refractivity contribution is 0.0171. The zero-order valence-electron chi connectivity index (χ0n) is 14.8. The van der Waals surface area contributed by atoms with Crippen LogP contribution in [0.4, 0.5) is 0 Å². The molecule has 0 saturated carbocycles. The highest BCUT2D eigenvalue weighted by atomic mass is 16.5. The lowest BCUT2D eigenvalue weighted by atomic mass is 10.1. The Hall–Kier alpha value is -2.25. The molecule has 7 heteroatoms. The Balaban J connectivity index is 1.83. The highest BCUT2D eigenvalue weighted by Gasteiger charge is 2.34. The molecule has 0 amide bonds. The number of ether oxygens (including phenoxy) is 1. The number of rotatable bonds is 3. The van der Waals surface area contributed by atoms with Crippen molar-refractivity contribution in [2.24, 2.45) is 0 Å². The fraction of sp³-hybridized carbons (Fsp3) is 0.500. The molecule has 3 aromatic rings. The number of aromatic nitrogens is 4. The van der Waals surface area contributed by atoms with Gasteiger partial charge in [-0.05, 0) is 43.3 Å². The molecular formula is C18H23N5O2. The van der Waals surface area contributed by atoms with Crippen LogP contribution in [-0.4, -0.2) is 51.4 Å². The number of benzene rings is 1. The van der Waals surface area contributed by atoms with Crippen LogP contribution in [-0.2, 0) is 10.3 Å². The summed E-state index contributed by atoms with van der Waals surface area (Å²) in [5.41, 5.74) is 0.667. The molecule has 1 aliphatic rings. The zero-order valence-corrected chi connectivity index (χ0v) is 14.8. The number of hydrogen-bond donors (Lipinski definition) is 0. The minimum absolute atomic E-state index is 0.134. The van der Waals surface area contributed by atoms with Crippen molar-refractivity contribution in [2.75, 3.05) is 26.3 Å². The van der Waals surface area contributed by atoms with Crippen LogP contribution in [0.2, 0.25) is 0 Å². The monoisotopic (exact) mass is 341 g/mol. The molecule has 0 radical (unpaired) electrons. The molecule has 1 atom stereocenters. The van der Waals surface area contributed by atoms with Gasteiger partial charge in [0.15, 0.2) is 5.82 Å². The fourth-order valence-electron chi connectivity index (χ4n) is 3.29. The average Bonchev–Trinajstić information content (AvgIpc) is 3.22. The molecule has 4 rings (SSSR count). The Bertz CT molecular complexity index is 825. The highest BCUT2D eigenvalue weighted by molar-refractivity contribution is 5.77. The van der Waals surface area contributed by atoms with Gasteiger partial charge in [-0.15, -0.1) is 5.10 Å². The van der Waals surface area contributed by atoms with E-state index in [0.29, 0.717) is 13.2 Å². The second kappa shape index (κ2) is 6.24. The van der Waals surface area contributed by atoms with Crippen molar-refractivity contribution in [3.63, 3.8) is 0 Å². The minimum Gasteiger partial charge on any atom is -0.459 e. The van der Waals surface area contributed by atoms with E-state index in [2.05, 4.69) is 53.3 Å². The molecule has 0 aliphatic carbocycles. The topological polar surface area (TPSA) is 69.2 Å². The third kappa shape index (κ3) is 3.05. The quantitative estimate of drug-likeness (QED) is 0.729. The largest absolute Gasteiger partial charge is 0.459 e. The molecule has 0 bridgehead atoms. The predicted octanol–water partition coefficient (Wildman–Crippen LogP) is 2.60. The minimum atomic E-state index is -0.213. The molecule has 1 fully saturated rings. The normalized spacial score (nSPS) is 17.9. The molecule has 0 N–H and O–H groups in total.